The Labute approximate surface area is 446 Å². The van der Waals surface area contributed by atoms with Crippen LogP contribution in [-0.4, -0.2) is 123 Å². The molecule has 8 bridgehead atoms. The smallest absolute Gasteiger partial charge is 0.334 e. The van der Waals surface area contributed by atoms with Crippen LogP contribution in [0.3, 0.4) is 0 Å². The second kappa shape index (κ2) is 20.9. The molecule has 410 valence electrons. The van der Waals surface area contributed by atoms with Crippen LogP contribution >= 0.6 is 0 Å². The van der Waals surface area contributed by atoms with Gasteiger partial charge < -0.3 is 60.0 Å². The van der Waals surface area contributed by atoms with Crippen molar-refractivity contribution < 1.29 is 64.3 Å². The first-order valence-electron chi connectivity index (χ1n) is 28.3. The number of fused-ring (bicyclic) bond motifs is 3. The van der Waals surface area contributed by atoms with E-state index in [1.54, 1.807) is 31.2 Å². The zero-order valence-electron chi connectivity index (χ0n) is 44.3. The van der Waals surface area contributed by atoms with Crippen LogP contribution in [0.2, 0.25) is 0 Å². The minimum atomic E-state index is -2.38. The quantitative estimate of drug-likeness (QED) is 0.0530. The highest BCUT2D eigenvalue weighted by Crippen LogP contribution is 2.76. The Morgan fingerprint density at radius 3 is 2.51 bits per heavy atom. The molecule has 4 fully saturated rings. The zero-order valence-corrected chi connectivity index (χ0v) is 44.3. The van der Waals surface area contributed by atoms with Gasteiger partial charge in [0.05, 0.1) is 25.4 Å². The minimum absolute atomic E-state index is 0.0111. The standard InChI is InChI=1S/C62H79NO13/c1-33-6-5-7-39-30-60-22-18-42-35(3)46(60)13-14-48-54(69)43(53(33)39)19-23-61(48,60)47(42)15-17-52(68)74-57-55(70)56-49(63-31-34(2)66)20-24-62(72,76-56)58(57)75-59(71)41(26-37-9-16-50(67)51(28-37)73-4)29-45-40(32-65)12-11-38-10-8-36(21-25-64)27-44(38)45/h8-10,13-14,16,18-20,22-24,26-28,33-35,39-40,42-43,45-49,53-58,63-67,69-70,72H,5-7,11-12,15,17,21,25,29-32H2,1-4H3/b41-26+/t33-,34+,35-,39-,40+,42-,43+,45-,46-,47+,48-,49-,53+,54-,55+,56+,57-,58-,60-,61-,62-/m1/s1. The Morgan fingerprint density at radius 1 is 0.934 bits per heavy atom. The lowest BCUT2D eigenvalue weighted by molar-refractivity contribution is -0.333. The Morgan fingerprint density at radius 2 is 1.74 bits per heavy atom. The molecule has 0 unspecified atom stereocenters. The first-order valence-corrected chi connectivity index (χ1v) is 28.3. The third-order valence-corrected chi connectivity index (χ3v) is 20.4. The van der Waals surface area contributed by atoms with E-state index in [1.165, 1.54) is 32.1 Å². The molecule has 0 radical (unpaired) electrons. The number of methoxy groups -OCH3 is 1. The number of aliphatic hydroxyl groups is 6. The highest BCUT2D eigenvalue weighted by Gasteiger charge is 2.72. The van der Waals surface area contributed by atoms with Gasteiger partial charge >= 0.3 is 11.9 Å². The summed E-state index contributed by atoms with van der Waals surface area (Å²) in [5, 5.41) is 82.0. The van der Waals surface area contributed by atoms with Crippen LogP contribution in [0.1, 0.15) is 100 Å². The summed E-state index contributed by atoms with van der Waals surface area (Å²) in [6.45, 7) is 6.24. The fraction of sp³-hybridized carbons (Fsp3) is 0.613. The monoisotopic (exact) mass is 1050 g/mol. The minimum Gasteiger partial charge on any atom is -0.504 e. The summed E-state index contributed by atoms with van der Waals surface area (Å²) in [6.07, 6.45) is 18.2. The van der Waals surface area contributed by atoms with Gasteiger partial charge in [-0.3, -0.25) is 4.79 Å². The molecule has 2 heterocycles. The number of carbonyl (C=O) groups excluding carboxylic acids is 2. The molecule has 2 aromatic carbocycles. The van der Waals surface area contributed by atoms with Crippen molar-refractivity contribution in [3.8, 4) is 11.5 Å². The van der Waals surface area contributed by atoms with E-state index in [-0.39, 0.29) is 90.6 Å². The van der Waals surface area contributed by atoms with E-state index in [2.05, 4.69) is 55.6 Å². The Hall–Kier alpha value is -4.64. The van der Waals surface area contributed by atoms with Gasteiger partial charge in [0, 0.05) is 54.4 Å². The first-order chi connectivity index (χ1) is 36.5. The van der Waals surface area contributed by atoms with Crippen molar-refractivity contribution in [2.75, 3.05) is 26.9 Å². The molecule has 3 saturated carbocycles. The predicted molar refractivity (Wildman–Crippen MR) is 283 cm³/mol. The van der Waals surface area contributed by atoms with E-state index in [9.17, 15) is 40.5 Å². The number of esters is 2. The molecule has 14 heteroatoms. The number of aliphatic hydroxyl groups excluding tert-OH is 5. The van der Waals surface area contributed by atoms with Crippen LogP contribution < -0.4 is 10.1 Å². The number of allylic oxidation sites excluding steroid dienone is 4. The molecule has 13 rings (SSSR count). The summed E-state index contributed by atoms with van der Waals surface area (Å²) in [4.78, 5) is 30.0. The van der Waals surface area contributed by atoms with Crippen LogP contribution in [0.5, 0.6) is 11.5 Å². The van der Waals surface area contributed by atoms with Crippen molar-refractivity contribution in [3.05, 3.63) is 113 Å². The third kappa shape index (κ3) is 8.85. The van der Waals surface area contributed by atoms with Crippen molar-refractivity contribution in [1.29, 1.82) is 0 Å². The van der Waals surface area contributed by atoms with Gasteiger partial charge in [0.2, 0.25) is 5.79 Å². The Bertz CT molecular complexity index is 2680. The summed E-state index contributed by atoms with van der Waals surface area (Å²) >= 11 is 0. The van der Waals surface area contributed by atoms with Gasteiger partial charge in [0.15, 0.2) is 23.7 Å². The average Bonchev–Trinajstić information content (AvgIpc) is 3.55. The van der Waals surface area contributed by atoms with Gasteiger partial charge in [-0.2, -0.15) is 0 Å². The number of benzene rings is 2. The number of aromatic hydroxyl groups is 1. The highest BCUT2D eigenvalue weighted by atomic mass is 16.7. The molecule has 2 aromatic rings. The lowest BCUT2D eigenvalue weighted by Crippen LogP contribution is -2.71. The summed E-state index contributed by atoms with van der Waals surface area (Å²) in [7, 11) is 1.42. The number of phenols is 1. The Balaban J connectivity index is 0.919. The maximum atomic E-state index is 15.2. The number of nitrogens with one attached hydrogen (secondary N) is 1. The molecule has 2 spiro atoms. The predicted octanol–water partition coefficient (Wildman–Crippen LogP) is 6.24. The van der Waals surface area contributed by atoms with Crippen molar-refractivity contribution in [2.45, 2.75) is 139 Å². The fourth-order valence-electron chi connectivity index (χ4n) is 17.1. The van der Waals surface area contributed by atoms with Crippen LogP contribution in [0, 0.1) is 70.0 Å². The van der Waals surface area contributed by atoms with Gasteiger partial charge in [-0.1, -0.05) is 99.9 Å². The van der Waals surface area contributed by atoms with E-state index in [0.29, 0.717) is 60.8 Å². The molecule has 11 aliphatic rings. The van der Waals surface area contributed by atoms with Gasteiger partial charge in [0.1, 0.15) is 12.2 Å². The third-order valence-electron chi connectivity index (χ3n) is 20.4. The summed E-state index contributed by atoms with van der Waals surface area (Å²) in [5.41, 5.74) is 2.86. The molecule has 0 aromatic heterocycles. The molecule has 2 aliphatic heterocycles. The fourth-order valence-corrected chi connectivity index (χ4v) is 17.1. The normalized spacial score (nSPS) is 41.6. The average molecular weight is 1050 g/mol. The number of carbonyl (C=O) groups is 2. The lowest BCUT2D eigenvalue weighted by atomic mass is 9.30. The van der Waals surface area contributed by atoms with Crippen molar-refractivity contribution in [2.24, 2.45) is 70.0 Å². The highest BCUT2D eigenvalue weighted by molar-refractivity contribution is 5.94. The number of phenolic OH excluding ortho intramolecular Hbond substituents is 1. The van der Waals surface area contributed by atoms with Crippen LogP contribution in [0.4, 0.5) is 0 Å². The SMILES string of the molecule is COc1cc(/C=C(\C[C@H]2c3cc(CCO)ccc3CC[C@H]2CO)C(=O)O[C@@H]2[C@H](OC(=O)CC[C@H]3[C@@H]4C=C[C@]56C[C@H]7CCC[C@@H](C)[C@@H]7[C@@H]7C=C[C@]35[C@H](C=C[C@@H]6[C@@H]4C)[C@@H]7O)[C@@H](O)[C@H]3O[C@]2(O)C=C[C@H]3NC[C@H](C)O)ccc1O. The molecular formula is C62H79NO13. The van der Waals surface area contributed by atoms with E-state index in [1.807, 2.05) is 18.2 Å². The van der Waals surface area contributed by atoms with Crippen LogP contribution in [0.15, 0.2) is 90.6 Å². The number of ether oxygens (including phenoxy) is 4. The zero-order chi connectivity index (χ0) is 53.4. The van der Waals surface area contributed by atoms with E-state index >= 15 is 4.79 Å². The molecule has 8 N–H and O–H groups in total. The van der Waals surface area contributed by atoms with Crippen molar-refractivity contribution in [3.63, 3.8) is 0 Å². The molecule has 14 nitrogen and oxygen atoms in total. The molecule has 1 saturated heterocycles. The van der Waals surface area contributed by atoms with Crippen LogP contribution in [-0.2, 0) is 36.6 Å². The molecule has 9 aliphatic carbocycles. The van der Waals surface area contributed by atoms with Crippen molar-refractivity contribution in [1.82, 2.24) is 5.32 Å². The number of hydrogen-bond acceptors (Lipinski definition) is 14. The van der Waals surface area contributed by atoms with E-state index in [4.69, 9.17) is 18.9 Å². The largest absolute Gasteiger partial charge is 0.504 e. The van der Waals surface area contributed by atoms with Crippen molar-refractivity contribution >= 4 is 18.0 Å². The molecule has 76 heavy (non-hydrogen) atoms. The van der Waals surface area contributed by atoms with E-state index < -0.39 is 65.8 Å². The second-order valence-electron chi connectivity index (χ2n) is 24.4. The first kappa shape index (κ1) is 53.4. The molecular weight excluding hydrogens is 967 g/mol. The summed E-state index contributed by atoms with van der Waals surface area (Å²) < 4.78 is 24.4. The maximum absolute atomic E-state index is 15.2. The summed E-state index contributed by atoms with van der Waals surface area (Å²) in [5.74, 6) is -2.43. The molecule has 21 atom stereocenters. The number of hydrogen-bond donors (Lipinski definition) is 8. The van der Waals surface area contributed by atoms with Crippen LogP contribution in [0.25, 0.3) is 6.08 Å². The topological polar surface area (TPSA) is 225 Å². The number of aryl methyl sites for hydroxylation is 1. The van der Waals surface area contributed by atoms with Gasteiger partial charge in [-0.05, 0) is 145 Å². The Kier molecular flexibility index (Phi) is 14.7. The number of rotatable bonds is 16. The second-order valence-corrected chi connectivity index (χ2v) is 24.4. The maximum Gasteiger partial charge on any atom is 0.334 e. The van der Waals surface area contributed by atoms with Gasteiger partial charge in [-0.25, -0.2) is 4.79 Å². The van der Waals surface area contributed by atoms with Gasteiger partial charge in [0.25, 0.3) is 0 Å². The lowest BCUT2D eigenvalue weighted by Gasteiger charge is -2.73. The molecule has 0 amide bonds. The van der Waals surface area contributed by atoms with Gasteiger partial charge in [-0.15, -0.1) is 0 Å². The van der Waals surface area contributed by atoms with E-state index in [0.717, 1.165) is 29.5 Å². The summed E-state index contributed by atoms with van der Waals surface area (Å²) in [6, 6.07) is 9.94.